The number of benzene rings is 1. The number of nitrogens with one attached hydrogen (secondary N) is 1. The van der Waals surface area contributed by atoms with Crippen LogP contribution in [0, 0.1) is 5.92 Å². The predicted octanol–water partition coefficient (Wildman–Crippen LogP) is 4.52. The fourth-order valence-corrected chi connectivity index (χ4v) is 2.45. The van der Waals surface area contributed by atoms with Crippen LogP contribution in [0.3, 0.4) is 0 Å². The molecule has 20 heavy (non-hydrogen) atoms. The Kier molecular flexibility index (Phi) is 7.25. The van der Waals surface area contributed by atoms with Gasteiger partial charge in [-0.2, -0.15) is 0 Å². The van der Waals surface area contributed by atoms with Crippen molar-refractivity contribution in [1.82, 2.24) is 5.32 Å². The highest BCUT2D eigenvalue weighted by Gasteiger charge is 2.13. The quantitative estimate of drug-likeness (QED) is 0.754. The smallest absolute Gasteiger partial charge is 0.0665 e. The van der Waals surface area contributed by atoms with Gasteiger partial charge in [-0.25, -0.2) is 0 Å². The minimum atomic E-state index is 0.269. The molecular weight excluding hydrogens is 246 g/mol. The van der Waals surface area contributed by atoms with Gasteiger partial charge >= 0.3 is 0 Å². The monoisotopic (exact) mass is 277 g/mol. The summed E-state index contributed by atoms with van der Waals surface area (Å²) in [6, 6.07) is 9.15. The largest absolute Gasteiger partial charge is 0.377 e. The third-order valence-corrected chi connectivity index (χ3v) is 3.70. The van der Waals surface area contributed by atoms with Gasteiger partial charge in [0.1, 0.15) is 0 Å². The van der Waals surface area contributed by atoms with E-state index in [4.69, 9.17) is 4.74 Å². The van der Waals surface area contributed by atoms with Crippen molar-refractivity contribution in [2.75, 3.05) is 13.7 Å². The van der Waals surface area contributed by atoms with Gasteiger partial charge in [-0.15, -0.1) is 0 Å². The van der Waals surface area contributed by atoms with Crippen molar-refractivity contribution in [2.24, 2.45) is 5.92 Å². The molecule has 1 aromatic rings. The third kappa shape index (κ3) is 5.64. The highest BCUT2D eigenvalue weighted by atomic mass is 16.5. The van der Waals surface area contributed by atoms with E-state index in [0.717, 1.165) is 13.0 Å². The van der Waals surface area contributed by atoms with E-state index in [9.17, 15) is 0 Å². The first-order chi connectivity index (χ1) is 9.43. The zero-order valence-electron chi connectivity index (χ0n) is 13.9. The van der Waals surface area contributed by atoms with Crippen LogP contribution in [0.4, 0.5) is 0 Å². The number of hydrogen-bond acceptors (Lipinski definition) is 2. The van der Waals surface area contributed by atoms with E-state index in [0.29, 0.717) is 17.9 Å². The van der Waals surface area contributed by atoms with E-state index >= 15 is 0 Å². The molecular formula is C18H31NO. The lowest BCUT2D eigenvalue weighted by Crippen LogP contribution is -2.24. The first-order valence-corrected chi connectivity index (χ1v) is 7.82. The molecule has 0 fully saturated rings. The maximum absolute atomic E-state index is 5.98. The van der Waals surface area contributed by atoms with Crippen molar-refractivity contribution in [2.45, 2.75) is 59.1 Å². The molecule has 1 N–H and O–H groups in total. The number of hydrogen-bond donors (Lipinski definition) is 1. The first kappa shape index (κ1) is 17.2. The van der Waals surface area contributed by atoms with Crippen LogP contribution in [0.1, 0.15) is 64.1 Å². The highest BCUT2D eigenvalue weighted by molar-refractivity contribution is 5.26. The van der Waals surface area contributed by atoms with E-state index in [1.807, 2.05) is 7.05 Å². The maximum Gasteiger partial charge on any atom is 0.0665 e. The Morgan fingerprint density at radius 2 is 1.50 bits per heavy atom. The van der Waals surface area contributed by atoms with Gasteiger partial charge < -0.3 is 10.1 Å². The van der Waals surface area contributed by atoms with Gasteiger partial charge in [0.05, 0.1) is 18.8 Å². The van der Waals surface area contributed by atoms with Gasteiger partial charge in [-0.05, 0) is 43.4 Å². The van der Waals surface area contributed by atoms with Crippen LogP contribution >= 0.6 is 0 Å². The molecule has 2 heteroatoms. The van der Waals surface area contributed by atoms with Gasteiger partial charge in [0.2, 0.25) is 0 Å². The molecule has 2 atom stereocenters. The van der Waals surface area contributed by atoms with E-state index in [-0.39, 0.29) is 6.04 Å². The average molecular weight is 277 g/mol. The fourth-order valence-electron chi connectivity index (χ4n) is 2.45. The molecule has 0 saturated carbocycles. The topological polar surface area (TPSA) is 21.3 Å². The van der Waals surface area contributed by atoms with Gasteiger partial charge in [0.15, 0.2) is 0 Å². The van der Waals surface area contributed by atoms with E-state index < -0.39 is 0 Å². The Morgan fingerprint density at radius 1 is 0.950 bits per heavy atom. The molecule has 0 aliphatic carbocycles. The molecule has 0 saturated heterocycles. The molecule has 2 nitrogen and oxygen atoms in total. The number of ether oxygens (including phenoxy) is 1. The lowest BCUT2D eigenvalue weighted by atomic mass is 9.99. The molecule has 0 radical (unpaired) electrons. The second-order valence-corrected chi connectivity index (χ2v) is 6.44. The minimum Gasteiger partial charge on any atom is -0.377 e. The van der Waals surface area contributed by atoms with Gasteiger partial charge in [0.25, 0.3) is 0 Å². The second-order valence-electron chi connectivity index (χ2n) is 6.44. The summed E-state index contributed by atoms with van der Waals surface area (Å²) in [6.45, 7) is 11.8. The normalized spacial score (nSPS) is 14.8. The van der Waals surface area contributed by atoms with E-state index in [1.165, 1.54) is 11.1 Å². The summed E-state index contributed by atoms with van der Waals surface area (Å²) in [7, 11) is 2.00. The van der Waals surface area contributed by atoms with Crippen LogP contribution < -0.4 is 5.32 Å². The van der Waals surface area contributed by atoms with Gasteiger partial charge in [-0.1, -0.05) is 52.0 Å². The zero-order chi connectivity index (χ0) is 15.1. The lowest BCUT2D eigenvalue weighted by molar-refractivity contribution is 0.0383. The van der Waals surface area contributed by atoms with Crippen LogP contribution in [0.25, 0.3) is 0 Å². The molecule has 1 aromatic carbocycles. The molecule has 0 aromatic heterocycles. The SMILES string of the molecule is CNC(COC(C)CC(C)C)c1ccc(C(C)C)cc1. The summed E-state index contributed by atoms with van der Waals surface area (Å²) in [5.41, 5.74) is 2.69. The summed E-state index contributed by atoms with van der Waals surface area (Å²) in [6.07, 6.45) is 1.43. The molecule has 114 valence electrons. The highest BCUT2D eigenvalue weighted by Crippen LogP contribution is 2.19. The van der Waals surface area contributed by atoms with Crippen molar-refractivity contribution >= 4 is 0 Å². The summed E-state index contributed by atoms with van der Waals surface area (Å²) < 4.78 is 5.98. The Bertz CT molecular complexity index is 370. The van der Waals surface area contributed by atoms with Crippen LogP contribution in [0.15, 0.2) is 24.3 Å². The van der Waals surface area contributed by atoms with E-state index in [2.05, 4.69) is 64.2 Å². The second kappa shape index (κ2) is 8.43. The molecule has 1 rings (SSSR count). The minimum absolute atomic E-state index is 0.269. The summed E-state index contributed by atoms with van der Waals surface area (Å²) in [5.74, 6) is 1.27. The summed E-state index contributed by atoms with van der Waals surface area (Å²) in [4.78, 5) is 0. The van der Waals surface area contributed by atoms with Gasteiger partial charge in [0, 0.05) is 0 Å². The van der Waals surface area contributed by atoms with Gasteiger partial charge in [-0.3, -0.25) is 0 Å². The Hall–Kier alpha value is -0.860. The molecule has 0 spiro atoms. The van der Waals surface area contributed by atoms with Crippen molar-refractivity contribution in [3.8, 4) is 0 Å². The number of rotatable bonds is 8. The zero-order valence-corrected chi connectivity index (χ0v) is 13.9. The Labute approximate surface area is 124 Å². The molecule has 0 amide bonds. The molecule has 0 heterocycles. The molecule has 0 bridgehead atoms. The predicted molar refractivity (Wildman–Crippen MR) is 87.2 cm³/mol. The van der Waals surface area contributed by atoms with Crippen LogP contribution in [0.5, 0.6) is 0 Å². The van der Waals surface area contributed by atoms with Crippen LogP contribution in [0.2, 0.25) is 0 Å². The van der Waals surface area contributed by atoms with Crippen molar-refractivity contribution in [3.05, 3.63) is 35.4 Å². The third-order valence-electron chi connectivity index (χ3n) is 3.70. The molecule has 0 aliphatic heterocycles. The van der Waals surface area contributed by atoms with E-state index in [1.54, 1.807) is 0 Å². The Balaban J connectivity index is 2.57. The van der Waals surface area contributed by atoms with Crippen LogP contribution in [-0.2, 0) is 4.74 Å². The van der Waals surface area contributed by atoms with Crippen molar-refractivity contribution < 1.29 is 4.74 Å². The van der Waals surface area contributed by atoms with Crippen molar-refractivity contribution in [1.29, 1.82) is 0 Å². The summed E-state index contributed by atoms with van der Waals surface area (Å²) in [5, 5.41) is 3.35. The average Bonchev–Trinajstić information content (AvgIpc) is 2.39. The number of likely N-dealkylation sites (N-methyl/N-ethyl adjacent to an activating group) is 1. The summed E-state index contributed by atoms with van der Waals surface area (Å²) >= 11 is 0. The molecule has 0 aliphatic rings. The fraction of sp³-hybridized carbons (Fsp3) is 0.667. The Morgan fingerprint density at radius 3 is 1.95 bits per heavy atom. The first-order valence-electron chi connectivity index (χ1n) is 7.82. The van der Waals surface area contributed by atoms with Crippen LogP contribution in [-0.4, -0.2) is 19.8 Å². The maximum atomic E-state index is 5.98. The molecule has 2 unspecified atom stereocenters. The standard InChI is InChI=1S/C18H31NO/c1-13(2)11-15(5)20-12-18(19-6)17-9-7-16(8-10-17)14(3)4/h7-10,13-15,18-19H,11-12H2,1-6H3. The lowest BCUT2D eigenvalue weighted by Gasteiger charge is -2.21. The van der Waals surface area contributed by atoms with Crippen molar-refractivity contribution in [3.63, 3.8) is 0 Å².